The maximum atomic E-state index is 12.9. The molecular formula is C74H138O6. The summed E-state index contributed by atoms with van der Waals surface area (Å²) in [5.41, 5.74) is 0. The van der Waals surface area contributed by atoms with Crippen LogP contribution in [0.25, 0.3) is 0 Å². The number of allylic oxidation sites excluding steroid dienone is 6. The summed E-state index contributed by atoms with van der Waals surface area (Å²) < 4.78 is 16.9. The Hall–Kier alpha value is -2.37. The molecule has 80 heavy (non-hydrogen) atoms. The van der Waals surface area contributed by atoms with E-state index >= 15 is 0 Å². The van der Waals surface area contributed by atoms with Crippen molar-refractivity contribution in [2.75, 3.05) is 13.2 Å². The van der Waals surface area contributed by atoms with Gasteiger partial charge < -0.3 is 14.2 Å². The first-order chi connectivity index (χ1) is 39.5. The minimum absolute atomic E-state index is 0.0725. The predicted octanol–water partition coefficient (Wildman–Crippen LogP) is 24.7. The van der Waals surface area contributed by atoms with Crippen LogP contribution >= 0.6 is 0 Å². The molecule has 1 atom stereocenters. The fourth-order valence-electron chi connectivity index (χ4n) is 11.0. The van der Waals surface area contributed by atoms with Crippen LogP contribution in [0.4, 0.5) is 0 Å². The molecule has 0 heterocycles. The third-order valence-electron chi connectivity index (χ3n) is 16.4. The summed E-state index contributed by atoms with van der Waals surface area (Å²) in [6.45, 7) is 6.67. The number of hydrogen-bond acceptors (Lipinski definition) is 6. The van der Waals surface area contributed by atoms with E-state index in [0.717, 1.165) is 77.0 Å². The lowest BCUT2D eigenvalue weighted by molar-refractivity contribution is -0.167. The molecule has 0 aliphatic rings. The summed E-state index contributed by atoms with van der Waals surface area (Å²) in [7, 11) is 0. The first-order valence-electron chi connectivity index (χ1n) is 36.0. The Morgan fingerprint density at radius 1 is 0.250 bits per heavy atom. The Kier molecular flexibility index (Phi) is 67.1. The summed E-state index contributed by atoms with van der Waals surface area (Å²) >= 11 is 0. The van der Waals surface area contributed by atoms with Gasteiger partial charge in [0, 0.05) is 19.3 Å². The van der Waals surface area contributed by atoms with E-state index in [9.17, 15) is 14.4 Å². The summed E-state index contributed by atoms with van der Waals surface area (Å²) in [4.78, 5) is 38.3. The van der Waals surface area contributed by atoms with E-state index in [1.54, 1.807) is 0 Å². The molecule has 0 fully saturated rings. The van der Waals surface area contributed by atoms with Gasteiger partial charge >= 0.3 is 17.9 Å². The zero-order valence-corrected chi connectivity index (χ0v) is 54.1. The van der Waals surface area contributed by atoms with Crippen molar-refractivity contribution in [1.82, 2.24) is 0 Å². The lowest BCUT2D eigenvalue weighted by atomic mass is 10.0. The maximum absolute atomic E-state index is 12.9. The van der Waals surface area contributed by atoms with Crippen LogP contribution < -0.4 is 0 Å². The van der Waals surface area contributed by atoms with E-state index in [0.29, 0.717) is 19.3 Å². The van der Waals surface area contributed by atoms with Gasteiger partial charge in [-0.05, 0) is 57.8 Å². The minimum Gasteiger partial charge on any atom is -0.462 e. The molecule has 0 spiro atoms. The van der Waals surface area contributed by atoms with E-state index in [-0.39, 0.29) is 31.1 Å². The lowest BCUT2D eigenvalue weighted by Gasteiger charge is -2.18. The predicted molar refractivity (Wildman–Crippen MR) is 349 cm³/mol. The van der Waals surface area contributed by atoms with Gasteiger partial charge in [-0.25, -0.2) is 0 Å². The number of carbonyl (C=O) groups is 3. The van der Waals surface area contributed by atoms with Crippen molar-refractivity contribution in [1.29, 1.82) is 0 Å². The third-order valence-corrected chi connectivity index (χ3v) is 16.4. The van der Waals surface area contributed by atoms with Gasteiger partial charge in [-0.1, -0.05) is 359 Å². The molecule has 1 unspecified atom stereocenters. The molecule has 0 aromatic rings. The number of rotatable bonds is 67. The Morgan fingerprint density at radius 3 is 0.700 bits per heavy atom. The van der Waals surface area contributed by atoms with Crippen molar-refractivity contribution in [2.45, 2.75) is 406 Å². The first kappa shape index (κ1) is 77.6. The summed E-state index contributed by atoms with van der Waals surface area (Å²) in [6, 6.07) is 0. The van der Waals surface area contributed by atoms with E-state index < -0.39 is 6.10 Å². The number of carbonyl (C=O) groups excluding carboxylic acids is 3. The highest BCUT2D eigenvalue weighted by Gasteiger charge is 2.19. The molecule has 6 heteroatoms. The van der Waals surface area contributed by atoms with Gasteiger partial charge in [0.25, 0.3) is 0 Å². The molecule has 0 bridgehead atoms. The molecule has 0 radical (unpaired) electrons. The largest absolute Gasteiger partial charge is 0.462 e. The van der Waals surface area contributed by atoms with E-state index in [1.807, 2.05) is 0 Å². The van der Waals surface area contributed by atoms with Crippen LogP contribution in [0.15, 0.2) is 36.5 Å². The van der Waals surface area contributed by atoms with Gasteiger partial charge in [-0.2, -0.15) is 0 Å². The van der Waals surface area contributed by atoms with Gasteiger partial charge in [0.2, 0.25) is 0 Å². The normalized spacial score (nSPS) is 12.2. The second-order valence-corrected chi connectivity index (χ2v) is 24.5. The summed E-state index contributed by atoms with van der Waals surface area (Å²) in [5.74, 6) is -0.863. The average Bonchev–Trinajstić information content (AvgIpc) is 3.46. The van der Waals surface area contributed by atoms with E-state index in [1.165, 1.54) is 283 Å². The zero-order chi connectivity index (χ0) is 57.8. The average molecular weight is 1120 g/mol. The van der Waals surface area contributed by atoms with Crippen molar-refractivity contribution in [3.05, 3.63) is 36.5 Å². The molecule has 0 saturated carbocycles. The van der Waals surface area contributed by atoms with E-state index in [2.05, 4.69) is 57.2 Å². The monoisotopic (exact) mass is 1120 g/mol. The minimum atomic E-state index is -0.776. The molecule has 0 amide bonds. The van der Waals surface area contributed by atoms with Crippen molar-refractivity contribution in [3.8, 4) is 0 Å². The van der Waals surface area contributed by atoms with Gasteiger partial charge in [0.15, 0.2) is 6.10 Å². The van der Waals surface area contributed by atoms with Crippen LogP contribution in [0.1, 0.15) is 400 Å². The molecule has 0 aliphatic carbocycles. The Labute approximate surface area is 499 Å². The number of unbranched alkanes of at least 4 members (excludes halogenated alkanes) is 50. The van der Waals surface area contributed by atoms with Crippen molar-refractivity contribution >= 4 is 17.9 Å². The third kappa shape index (κ3) is 66.4. The van der Waals surface area contributed by atoms with Crippen molar-refractivity contribution in [2.24, 2.45) is 0 Å². The Bertz CT molecular complexity index is 1340. The van der Waals surface area contributed by atoms with Crippen LogP contribution in [0.3, 0.4) is 0 Å². The van der Waals surface area contributed by atoms with E-state index in [4.69, 9.17) is 14.2 Å². The fraction of sp³-hybridized carbons (Fsp3) is 0.878. The standard InChI is InChI=1S/C74H138O6/c1-4-7-10-13-16-19-21-23-25-27-29-31-32-33-34-35-36-37-38-39-40-41-43-44-46-48-50-52-55-58-61-64-67-73(76)79-70-71(69-78-72(75)66-63-60-57-54-18-15-12-9-6-3)80-74(77)68-65-62-59-56-53-51-49-47-45-42-30-28-26-24-22-20-17-14-11-8-5-2/h22,24,28,30,45,47,71H,4-21,23,25-27,29,31-44,46,48-70H2,1-3H3/b24-22-,30-28-,47-45-. The van der Waals surface area contributed by atoms with Gasteiger partial charge in [-0.15, -0.1) is 0 Å². The lowest BCUT2D eigenvalue weighted by Crippen LogP contribution is -2.30. The second kappa shape index (κ2) is 69.1. The first-order valence-corrected chi connectivity index (χ1v) is 36.0. The molecule has 0 aliphatic heterocycles. The number of esters is 3. The molecule has 0 aromatic carbocycles. The number of ether oxygens (including phenoxy) is 3. The van der Waals surface area contributed by atoms with Crippen LogP contribution in [0, 0.1) is 0 Å². The second-order valence-electron chi connectivity index (χ2n) is 24.5. The van der Waals surface area contributed by atoms with Gasteiger partial charge in [0.05, 0.1) is 0 Å². The zero-order valence-electron chi connectivity index (χ0n) is 54.1. The topological polar surface area (TPSA) is 78.9 Å². The highest BCUT2D eigenvalue weighted by Crippen LogP contribution is 2.19. The fourth-order valence-corrected chi connectivity index (χ4v) is 11.0. The van der Waals surface area contributed by atoms with Crippen LogP contribution in [-0.2, 0) is 28.6 Å². The SMILES string of the molecule is CCCCCCC/C=C\C/C=C\C/C=C\CCCCCCCCC(=O)OC(COC(=O)CCCCCCCCCCC)COC(=O)CCCCCCCCCCCCCCCCCCCCCCCCCCCCCCCCCC. The van der Waals surface area contributed by atoms with Gasteiger partial charge in [-0.3, -0.25) is 14.4 Å². The Balaban J connectivity index is 4.06. The number of hydrogen-bond donors (Lipinski definition) is 0. The molecule has 0 aromatic heterocycles. The molecule has 470 valence electrons. The molecule has 0 saturated heterocycles. The highest BCUT2D eigenvalue weighted by molar-refractivity contribution is 5.71. The van der Waals surface area contributed by atoms with Crippen LogP contribution in [0.2, 0.25) is 0 Å². The van der Waals surface area contributed by atoms with Crippen LogP contribution in [0.5, 0.6) is 0 Å². The molecule has 6 nitrogen and oxygen atoms in total. The van der Waals surface area contributed by atoms with Crippen LogP contribution in [-0.4, -0.2) is 37.2 Å². The molecule has 0 N–H and O–H groups in total. The van der Waals surface area contributed by atoms with Gasteiger partial charge in [0.1, 0.15) is 13.2 Å². The van der Waals surface area contributed by atoms with Crippen molar-refractivity contribution < 1.29 is 28.6 Å². The molecule has 0 rings (SSSR count). The highest BCUT2D eigenvalue weighted by atomic mass is 16.6. The summed E-state index contributed by atoms with van der Waals surface area (Å²) in [6.07, 6.45) is 86.3. The summed E-state index contributed by atoms with van der Waals surface area (Å²) in [5, 5.41) is 0. The Morgan fingerprint density at radius 2 is 0.450 bits per heavy atom. The van der Waals surface area contributed by atoms with Crippen molar-refractivity contribution in [3.63, 3.8) is 0 Å². The smallest absolute Gasteiger partial charge is 0.306 e. The molecular weight excluding hydrogens is 985 g/mol. The maximum Gasteiger partial charge on any atom is 0.306 e. The quantitative estimate of drug-likeness (QED) is 0.0261.